The number of ether oxygens (including phenoxy) is 2. The van der Waals surface area contributed by atoms with Gasteiger partial charge >= 0.3 is 0 Å². The number of para-hydroxylation sites is 1. The molecule has 1 aromatic heterocycles. The van der Waals surface area contributed by atoms with Crippen molar-refractivity contribution >= 4 is 28.4 Å². The molecular formula is C26H23N3O4. The third kappa shape index (κ3) is 5.65. The van der Waals surface area contributed by atoms with Crippen LogP contribution in [0.2, 0.25) is 0 Å². The molecule has 0 spiro atoms. The fourth-order valence-corrected chi connectivity index (χ4v) is 3.28. The minimum absolute atomic E-state index is 0.127. The summed E-state index contributed by atoms with van der Waals surface area (Å²) < 4.78 is 11.2. The maximum absolute atomic E-state index is 12.3. The number of amides is 2. The van der Waals surface area contributed by atoms with E-state index in [0.717, 1.165) is 11.1 Å². The lowest BCUT2D eigenvalue weighted by Crippen LogP contribution is -2.20. The second kappa shape index (κ2) is 9.82. The number of primary amides is 1. The smallest absolute Gasteiger partial charge is 0.262 e. The average Bonchev–Trinajstić information content (AvgIpc) is 2.82. The zero-order chi connectivity index (χ0) is 23.2. The molecule has 0 fully saturated rings. The van der Waals surface area contributed by atoms with Crippen molar-refractivity contribution in [3.8, 4) is 22.8 Å². The molecule has 4 aromatic rings. The van der Waals surface area contributed by atoms with Gasteiger partial charge in [0, 0.05) is 22.7 Å². The molecule has 4 rings (SSSR count). The summed E-state index contributed by atoms with van der Waals surface area (Å²) in [5.74, 6) is 0.175. The molecule has 0 aliphatic rings. The number of rotatable bonds is 8. The molecule has 33 heavy (non-hydrogen) atoms. The van der Waals surface area contributed by atoms with Gasteiger partial charge in [0.1, 0.15) is 11.5 Å². The third-order valence-electron chi connectivity index (χ3n) is 4.88. The SMILES string of the molecule is Cc1ccc(-c2cc(OCC(N)=O)c3cc(NC(=O)COc4ccccc4)ccc3n2)cc1. The number of aryl methyl sites for hydroxylation is 1. The van der Waals surface area contributed by atoms with Crippen molar-refractivity contribution in [1.29, 1.82) is 0 Å². The Bertz CT molecular complexity index is 1290. The van der Waals surface area contributed by atoms with E-state index in [4.69, 9.17) is 20.2 Å². The predicted octanol–water partition coefficient (Wildman–Crippen LogP) is 4.09. The molecule has 2 amide bonds. The van der Waals surface area contributed by atoms with Crippen LogP contribution in [0.25, 0.3) is 22.2 Å². The summed E-state index contributed by atoms with van der Waals surface area (Å²) in [5.41, 5.74) is 9.25. The Morgan fingerprint density at radius 1 is 0.909 bits per heavy atom. The summed E-state index contributed by atoms with van der Waals surface area (Å²) in [6, 6.07) is 24.1. The minimum Gasteiger partial charge on any atom is -0.484 e. The molecule has 0 radical (unpaired) electrons. The van der Waals surface area contributed by atoms with Gasteiger partial charge in [0.15, 0.2) is 13.2 Å². The van der Waals surface area contributed by atoms with E-state index >= 15 is 0 Å². The molecular weight excluding hydrogens is 418 g/mol. The van der Waals surface area contributed by atoms with Crippen molar-refractivity contribution in [3.63, 3.8) is 0 Å². The van der Waals surface area contributed by atoms with Crippen molar-refractivity contribution in [1.82, 2.24) is 4.98 Å². The largest absolute Gasteiger partial charge is 0.484 e. The van der Waals surface area contributed by atoms with E-state index in [0.29, 0.717) is 33.8 Å². The Morgan fingerprint density at radius 2 is 1.67 bits per heavy atom. The Morgan fingerprint density at radius 3 is 2.39 bits per heavy atom. The van der Waals surface area contributed by atoms with E-state index in [-0.39, 0.29) is 19.1 Å². The summed E-state index contributed by atoms with van der Waals surface area (Å²) in [7, 11) is 0. The van der Waals surface area contributed by atoms with Gasteiger partial charge in [0.05, 0.1) is 11.2 Å². The summed E-state index contributed by atoms with van der Waals surface area (Å²) in [5, 5.41) is 3.46. The van der Waals surface area contributed by atoms with Crippen molar-refractivity contribution < 1.29 is 19.1 Å². The Balaban J connectivity index is 1.60. The molecule has 166 valence electrons. The van der Waals surface area contributed by atoms with Crippen LogP contribution >= 0.6 is 0 Å². The predicted molar refractivity (Wildman–Crippen MR) is 127 cm³/mol. The molecule has 3 N–H and O–H groups in total. The first kappa shape index (κ1) is 21.8. The molecule has 0 unspecified atom stereocenters. The first-order chi connectivity index (χ1) is 16.0. The lowest BCUT2D eigenvalue weighted by atomic mass is 10.1. The molecule has 0 bridgehead atoms. The first-order valence-corrected chi connectivity index (χ1v) is 10.4. The normalized spacial score (nSPS) is 10.6. The number of fused-ring (bicyclic) bond motifs is 1. The van der Waals surface area contributed by atoms with Crippen LogP contribution in [0.5, 0.6) is 11.5 Å². The van der Waals surface area contributed by atoms with E-state index < -0.39 is 5.91 Å². The van der Waals surface area contributed by atoms with Crippen LogP contribution in [-0.2, 0) is 9.59 Å². The lowest BCUT2D eigenvalue weighted by molar-refractivity contribution is -0.120. The number of nitrogens with zero attached hydrogens (tertiary/aromatic N) is 1. The molecule has 0 aliphatic carbocycles. The van der Waals surface area contributed by atoms with Crippen LogP contribution in [0.3, 0.4) is 0 Å². The van der Waals surface area contributed by atoms with E-state index in [1.165, 1.54) is 0 Å². The van der Waals surface area contributed by atoms with Crippen LogP contribution in [0.4, 0.5) is 5.69 Å². The minimum atomic E-state index is -0.584. The fraction of sp³-hybridized carbons (Fsp3) is 0.115. The Hall–Kier alpha value is -4.39. The molecule has 0 atom stereocenters. The second-order valence-electron chi connectivity index (χ2n) is 7.51. The third-order valence-corrected chi connectivity index (χ3v) is 4.88. The molecule has 7 heteroatoms. The van der Waals surface area contributed by atoms with E-state index in [2.05, 4.69) is 5.32 Å². The highest BCUT2D eigenvalue weighted by molar-refractivity contribution is 5.96. The highest BCUT2D eigenvalue weighted by Gasteiger charge is 2.12. The summed E-state index contributed by atoms with van der Waals surface area (Å²) in [6.45, 7) is 1.62. The lowest BCUT2D eigenvalue weighted by Gasteiger charge is -2.13. The van der Waals surface area contributed by atoms with Crippen molar-refractivity contribution in [3.05, 3.63) is 84.4 Å². The van der Waals surface area contributed by atoms with Gasteiger partial charge in [-0.3, -0.25) is 9.59 Å². The van der Waals surface area contributed by atoms with Crippen LogP contribution in [-0.4, -0.2) is 30.0 Å². The van der Waals surface area contributed by atoms with Gasteiger partial charge in [-0.05, 0) is 37.3 Å². The molecule has 0 saturated carbocycles. The Kier molecular flexibility index (Phi) is 6.50. The maximum Gasteiger partial charge on any atom is 0.262 e. The second-order valence-corrected chi connectivity index (χ2v) is 7.51. The van der Waals surface area contributed by atoms with Crippen molar-refractivity contribution in [2.24, 2.45) is 5.73 Å². The summed E-state index contributed by atoms with van der Waals surface area (Å²) in [6.07, 6.45) is 0. The van der Waals surface area contributed by atoms with Crippen LogP contribution in [0.1, 0.15) is 5.56 Å². The fourth-order valence-electron chi connectivity index (χ4n) is 3.28. The number of hydrogen-bond donors (Lipinski definition) is 2. The van der Waals surface area contributed by atoms with E-state index in [9.17, 15) is 9.59 Å². The number of pyridine rings is 1. The van der Waals surface area contributed by atoms with Gasteiger partial charge in [-0.2, -0.15) is 0 Å². The van der Waals surface area contributed by atoms with Crippen molar-refractivity contribution in [2.75, 3.05) is 18.5 Å². The number of carbonyl (C=O) groups excluding carboxylic acids is 2. The standard InChI is InChI=1S/C26H23N3O4/c1-17-7-9-18(10-8-17)23-14-24(33-15-25(27)30)21-13-19(11-12-22(21)29-23)28-26(31)16-32-20-5-3-2-4-6-20/h2-14H,15-16H2,1H3,(H2,27,30)(H,28,31). The van der Waals surface area contributed by atoms with Gasteiger partial charge in [-0.25, -0.2) is 4.98 Å². The maximum atomic E-state index is 12.3. The monoisotopic (exact) mass is 441 g/mol. The number of nitrogens with two attached hydrogens (primary N) is 1. The van der Waals surface area contributed by atoms with Gasteiger partial charge < -0.3 is 20.5 Å². The number of anilines is 1. The van der Waals surface area contributed by atoms with Crippen LogP contribution in [0.15, 0.2) is 78.9 Å². The molecule has 3 aromatic carbocycles. The number of benzene rings is 3. The van der Waals surface area contributed by atoms with Gasteiger partial charge in [0.25, 0.3) is 11.8 Å². The number of aromatic nitrogens is 1. The highest BCUT2D eigenvalue weighted by Crippen LogP contribution is 2.32. The summed E-state index contributed by atoms with van der Waals surface area (Å²) in [4.78, 5) is 28.4. The number of carbonyl (C=O) groups is 2. The number of nitrogens with one attached hydrogen (secondary N) is 1. The molecule has 7 nitrogen and oxygen atoms in total. The molecule has 1 heterocycles. The first-order valence-electron chi connectivity index (χ1n) is 10.4. The Labute approximate surface area is 191 Å². The highest BCUT2D eigenvalue weighted by atomic mass is 16.5. The topological polar surface area (TPSA) is 104 Å². The molecule has 0 saturated heterocycles. The zero-order valence-electron chi connectivity index (χ0n) is 18.1. The van der Waals surface area contributed by atoms with E-state index in [1.807, 2.05) is 49.4 Å². The molecule has 0 aliphatic heterocycles. The van der Waals surface area contributed by atoms with Gasteiger partial charge in [-0.1, -0.05) is 48.0 Å². The van der Waals surface area contributed by atoms with Crippen molar-refractivity contribution in [2.45, 2.75) is 6.92 Å². The van der Waals surface area contributed by atoms with Gasteiger partial charge in [-0.15, -0.1) is 0 Å². The van der Waals surface area contributed by atoms with Crippen LogP contribution < -0.4 is 20.5 Å². The number of hydrogen-bond acceptors (Lipinski definition) is 5. The zero-order valence-corrected chi connectivity index (χ0v) is 18.1. The average molecular weight is 441 g/mol. The van der Waals surface area contributed by atoms with E-state index in [1.54, 1.807) is 36.4 Å². The van der Waals surface area contributed by atoms with Gasteiger partial charge in [0.2, 0.25) is 0 Å². The van der Waals surface area contributed by atoms with Crippen LogP contribution in [0, 0.1) is 6.92 Å². The quantitative estimate of drug-likeness (QED) is 0.429. The summed E-state index contributed by atoms with van der Waals surface area (Å²) >= 11 is 0.